The van der Waals surface area contributed by atoms with Gasteiger partial charge in [0.25, 0.3) is 0 Å². The number of aldehydes is 1. The number of ether oxygens (including phenoxy) is 2. The molecule has 0 atom stereocenters. The highest BCUT2D eigenvalue weighted by molar-refractivity contribution is 7.80. The molecule has 69 heavy (non-hydrogen) atoms. The average molecular weight is 999 g/mol. The number of benzene rings is 3. The second-order valence-electron chi connectivity index (χ2n) is 14.6. The van der Waals surface area contributed by atoms with Crippen molar-refractivity contribution >= 4 is 77.5 Å². The predicted molar refractivity (Wildman–Crippen MR) is 262 cm³/mol. The number of nitrogen functional groups attached to an aromatic ring is 1. The topological polar surface area (TPSA) is 257 Å². The number of unbranched alkanes of at least 4 members (excludes halogenated alkanes) is 4. The van der Waals surface area contributed by atoms with E-state index in [0.29, 0.717) is 56.0 Å². The number of nitrogens with two attached hydrogens (primary N) is 3. The van der Waals surface area contributed by atoms with Gasteiger partial charge in [-0.05, 0) is 63.1 Å². The second-order valence-corrected chi connectivity index (χ2v) is 15.2. The van der Waals surface area contributed by atoms with Crippen molar-refractivity contribution in [2.45, 2.75) is 112 Å². The van der Waals surface area contributed by atoms with Crippen molar-refractivity contribution < 1.29 is 60.5 Å². The summed E-state index contributed by atoms with van der Waals surface area (Å²) in [4.78, 5) is 57.7. The predicted octanol–water partition coefficient (Wildman–Crippen LogP) is 7.83. The number of rotatable bonds is 18. The zero-order chi connectivity index (χ0) is 53.0. The Morgan fingerprint density at radius 2 is 1.38 bits per heavy atom. The summed E-state index contributed by atoms with van der Waals surface area (Å²) in [7, 11) is 0.804. The number of aliphatic hydroxyl groups is 1. The van der Waals surface area contributed by atoms with Crippen LogP contribution in [0, 0.1) is 29.1 Å². The third kappa shape index (κ3) is 25.5. The van der Waals surface area contributed by atoms with E-state index in [1.165, 1.54) is 6.42 Å². The minimum atomic E-state index is -2.20. The molecule has 2 heterocycles. The molecule has 0 saturated heterocycles. The maximum absolute atomic E-state index is 12.6. The number of hydrogen-bond donors (Lipinski definition) is 7. The molecule has 16 nitrogen and oxygen atoms in total. The molecule has 4 amide bonds. The summed E-state index contributed by atoms with van der Waals surface area (Å²) in [6.45, 7) is 13.3. The minimum Gasteiger partial charge on any atom is -0.491 e. The number of fused-ring (bicyclic) bond motifs is 3. The van der Waals surface area contributed by atoms with Crippen LogP contribution >= 0.6 is 12.6 Å². The van der Waals surface area contributed by atoms with Crippen molar-refractivity contribution in [3.8, 4) is 5.75 Å². The van der Waals surface area contributed by atoms with Gasteiger partial charge in [-0.25, -0.2) is 23.1 Å². The molecule has 0 fully saturated rings. The monoisotopic (exact) mass is 998 g/mol. The number of aromatic nitrogens is 3. The number of nitrogens with zero attached hydrogens (tertiary/aromatic N) is 3. The lowest BCUT2D eigenvalue weighted by Gasteiger charge is -2.20. The van der Waals surface area contributed by atoms with Crippen LogP contribution in [0.25, 0.3) is 21.9 Å². The molecule has 0 unspecified atom stereocenters. The third-order valence-corrected chi connectivity index (χ3v) is 8.07. The number of thiol groups is 1. The number of anilines is 2. The summed E-state index contributed by atoms with van der Waals surface area (Å²) in [5.41, 5.74) is 18.3. The van der Waals surface area contributed by atoms with Crippen LogP contribution in [0.3, 0.4) is 0 Å². The van der Waals surface area contributed by atoms with Crippen LogP contribution in [-0.4, -0.2) is 76.1 Å². The number of carbonyl (C=O) groups excluding carboxylic acids is 5. The number of primary amides is 2. The molecule has 5 rings (SSSR count). The van der Waals surface area contributed by atoms with E-state index in [4.69, 9.17) is 26.0 Å². The number of imidazole rings is 1. The maximum Gasteiger partial charge on any atom is 0.217 e. The molecule has 0 aliphatic carbocycles. The van der Waals surface area contributed by atoms with E-state index < -0.39 is 40.4 Å². The number of methoxy groups -OCH3 is 1. The summed E-state index contributed by atoms with van der Waals surface area (Å²) in [6.07, 6.45) is 8.66. The van der Waals surface area contributed by atoms with Crippen LogP contribution in [-0.2, 0) is 48.5 Å². The van der Waals surface area contributed by atoms with Gasteiger partial charge in [0.1, 0.15) is 24.2 Å². The molecule has 0 aliphatic heterocycles. The molecule has 9 N–H and O–H groups in total. The first-order valence-corrected chi connectivity index (χ1v) is 22.3. The molecule has 5 aromatic rings. The highest BCUT2D eigenvalue weighted by atomic mass is 32.1. The highest BCUT2D eigenvalue weighted by Gasteiger charge is 2.26. The van der Waals surface area contributed by atoms with Gasteiger partial charge < -0.3 is 51.8 Å². The Hall–Kier alpha value is -6.39. The second kappa shape index (κ2) is 37.6. The first-order valence-electron chi connectivity index (χ1n) is 21.6. The number of carbonyl (C=O) groups is 5. The van der Waals surface area contributed by atoms with Crippen molar-refractivity contribution in [1.82, 2.24) is 19.9 Å². The van der Waals surface area contributed by atoms with E-state index in [1.54, 1.807) is 13.8 Å². The minimum absolute atomic E-state index is 0.236. The van der Waals surface area contributed by atoms with Gasteiger partial charge >= 0.3 is 0 Å². The Labute approximate surface area is 405 Å². The Kier molecular flexibility index (Phi) is 35.2. The van der Waals surface area contributed by atoms with Crippen LogP contribution in [0.2, 0.25) is 0 Å². The van der Waals surface area contributed by atoms with Crippen LogP contribution in [0.5, 0.6) is 5.75 Å². The summed E-state index contributed by atoms with van der Waals surface area (Å²) >= 11 is 3.79. The third-order valence-electron chi connectivity index (χ3n) is 8.07. The van der Waals surface area contributed by atoms with Crippen LogP contribution < -0.4 is 32.6 Å². The zero-order valence-electron chi connectivity index (χ0n) is 40.1. The van der Waals surface area contributed by atoms with E-state index in [9.17, 15) is 46.2 Å². The van der Waals surface area contributed by atoms with Crippen molar-refractivity contribution in [1.29, 1.82) is 0 Å². The lowest BCUT2D eigenvalue weighted by molar-refractivity contribution is -0.118. The summed E-state index contributed by atoms with van der Waals surface area (Å²) in [5, 5.41) is 16.5. The van der Waals surface area contributed by atoms with E-state index in [2.05, 4.69) is 52.6 Å². The standard InChI is InChI=1S/C23H25N5O3.C8H15NO2.C7H3F5O.C3H7NO.C3H8.C2H6S.CH3NO/c1-23(2,30)13-28-19(12-31-11-15-7-9-16(10-8-15)25-14-29)27-20-21(28)17-5-3-4-6-18(17)26-22(20)24;9-8(11)6-4-2-1-3-5-7-10;1-13-7-5(11)3(9)2(8)4(10)6(7)12;1-2-4-3-5;1-3-2;1-2-3;2-1-3/h3-10,14,30H,11-13H2,1-2H3,(H2,24,26)(H,25,29);7H,1-6H2,(H2,9,11);1H3;3H,2H2,1H3,(H,4,5);3H2,1-2H3;3H,2H2,1H3;1H,(H2,2,3). The number of para-hydroxylation sites is 1. The molecule has 0 spiro atoms. The van der Waals surface area contributed by atoms with Gasteiger partial charge in [-0.15, -0.1) is 0 Å². The molecule has 3 aromatic carbocycles. The SMILES string of the molecule is CC(C)(O)Cn1c(COCc2ccc(NC=O)cc2)nc2c(N)nc3ccccc3c21.CCC.CCNC=O.CCS.COc1c(F)c(F)c(F)c(F)c1F.NC(=O)CCCCCCC=O.NC=O. The zero-order valence-corrected chi connectivity index (χ0v) is 41.0. The van der Waals surface area contributed by atoms with Crippen LogP contribution in [0.1, 0.15) is 97.9 Å². The quantitative estimate of drug-likeness (QED) is 0.0111. The normalized spacial score (nSPS) is 9.94. The van der Waals surface area contributed by atoms with Crippen molar-refractivity contribution in [3.63, 3.8) is 0 Å². The molecule has 22 heteroatoms. The van der Waals surface area contributed by atoms with E-state index in [-0.39, 0.29) is 18.9 Å². The van der Waals surface area contributed by atoms with Gasteiger partial charge in [0, 0.05) is 30.5 Å². The molecule has 0 saturated carbocycles. The largest absolute Gasteiger partial charge is 0.491 e. The molecule has 384 valence electrons. The van der Waals surface area contributed by atoms with E-state index in [0.717, 1.165) is 79.0 Å². The van der Waals surface area contributed by atoms with Crippen molar-refractivity contribution in [2.24, 2.45) is 11.5 Å². The van der Waals surface area contributed by atoms with Crippen LogP contribution in [0.4, 0.5) is 33.5 Å². The molecule has 0 radical (unpaired) electrons. The Bertz CT molecular complexity index is 2240. The van der Waals surface area contributed by atoms with Gasteiger partial charge in [0.05, 0.1) is 36.9 Å². The highest BCUT2D eigenvalue weighted by Crippen LogP contribution is 2.31. The summed E-state index contributed by atoms with van der Waals surface area (Å²) in [5.74, 6) is -9.74. The fourth-order valence-corrected chi connectivity index (χ4v) is 5.33. The van der Waals surface area contributed by atoms with Gasteiger partial charge in [0.15, 0.2) is 11.6 Å². The lowest BCUT2D eigenvalue weighted by Crippen LogP contribution is -2.27. The van der Waals surface area contributed by atoms with Crippen LogP contribution in [0.15, 0.2) is 48.5 Å². The molecular formula is C47H67F5N8O8S. The van der Waals surface area contributed by atoms with Crippen molar-refractivity contribution in [3.05, 3.63) is 89.0 Å². The first-order chi connectivity index (χ1) is 32.8. The number of amides is 4. The molecule has 2 aromatic heterocycles. The molecular weight excluding hydrogens is 932 g/mol. The number of nitrogens with one attached hydrogen (secondary N) is 2. The fraction of sp³-hybridized carbons (Fsp3) is 0.426. The number of halogens is 5. The molecule has 0 bridgehead atoms. The smallest absolute Gasteiger partial charge is 0.217 e. The van der Waals surface area contributed by atoms with E-state index in [1.807, 2.05) is 66.9 Å². The summed E-state index contributed by atoms with van der Waals surface area (Å²) in [6, 6.07) is 15.2. The molecule has 0 aliphatic rings. The maximum atomic E-state index is 12.6. The van der Waals surface area contributed by atoms with Crippen molar-refractivity contribution in [2.75, 3.05) is 30.5 Å². The average Bonchev–Trinajstić information content (AvgIpc) is 3.66. The number of pyridine rings is 1. The van der Waals surface area contributed by atoms with Gasteiger partial charge in [-0.2, -0.15) is 21.4 Å². The van der Waals surface area contributed by atoms with Gasteiger partial charge in [-0.3, -0.25) is 19.2 Å². The van der Waals surface area contributed by atoms with Gasteiger partial charge in [0.2, 0.25) is 54.2 Å². The lowest BCUT2D eigenvalue weighted by atomic mass is 10.1. The van der Waals surface area contributed by atoms with E-state index >= 15 is 0 Å². The van der Waals surface area contributed by atoms with Gasteiger partial charge in [-0.1, -0.05) is 70.4 Å². The summed E-state index contributed by atoms with van der Waals surface area (Å²) < 4.78 is 74.0. The number of hydrogen-bond acceptors (Lipinski definition) is 12. The Morgan fingerprint density at radius 3 is 1.84 bits per heavy atom. The Balaban J connectivity index is 0. The first kappa shape index (κ1) is 64.7. The Morgan fingerprint density at radius 1 is 0.841 bits per heavy atom. The fourth-order valence-electron chi connectivity index (χ4n) is 5.33.